The number of amides is 3. The number of aryl methyl sites for hydroxylation is 3. The van der Waals surface area contributed by atoms with Crippen molar-refractivity contribution < 1.29 is 14.4 Å². The Morgan fingerprint density at radius 2 is 1.68 bits per heavy atom. The number of hydrogen-bond donors (Lipinski definition) is 2. The summed E-state index contributed by atoms with van der Waals surface area (Å²) in [7, 11) is 1.72. The standard InChI is InChI=1S/C24H30N4O3/c1-15-11-16(2)22(17(3)12-15)26-20(29)13-27(6)14-21(30)28-19-10-8-7-9-18(19)25-23(31)24(28,4)5/h7-12H,13-14H2,1-6H3,(H,25,31)(H,26,29). The average Bonchev–Trinajstić information content (AvgIpc) is 2.65. The molecule has 3 amide bonds. The molecular formula is C24H30N4O3. The Morgan fingerprint density at radius 1 is 1.06 bits per heavy atom. The molecule has 0 unspecified atom stereocenters. The van der Waals surface area contributed by atoms with Crippen LogP contribution in [0.3, 0.4) is 0 Å². The normalized spacial score (nSPS) is 14.8. The van der Waals surface area contributed by atoms with Gasteiger partial charge in [-0.05, 0) is 64.9 Å². The first-order valence-electron chi connectivity index (χ1n) is 10.3. The van der Waals surface area contributed by atoms with E-state index >= 15 is 0 Å². The third-order valence-electron chi connectivity index (χ3n) is 5.52. The Balaban J connectivity index is 1.71. The lowest BCUT2D eigenvalue weighted by atomic mass is 9.96. The van der Waals surface area contributed by atoms with Gasteiger partial charge in [0.05, 0.1) is 24.5 Å². The monoisotopic (exact) mass is 422 g/mol. The molecule has 3 rings (SSSR count). The molecule has 0 bridgehead atoms. The first-order chi connectivity index (χ1) is 14.5. The highest BCUT2D eigenvalue weighted by Crippen LogP contribution is 2.36. The van der Waals surface area contributed by atoms with Crippen LogP contribution in [0.4, 0.5) is 17.1 Å². The van der Waals surface area contributed by atoms with Crippen LogP contribution in [0.2, 0.25) is 0 Å². The van der Waals surface area contributed by atoms with E-state index in [2.05, 4.69) is 10.6 Å². The number of para-hydroxylation sites is 2. The van der Waals surface area contributed by atoms with Crippen LogP contribution in [0.25, 0.3) is 0 Å². The number of carbonyl (C=O) groups is 3. The highest BCUT2D eigenvalue weighted by Gasteiger charge is 2.43. The minimum absolute atomic E-state index is 0.00429. The first-order valence-corrected chi connectivity index (χ1v) is 10.3. The van der Waals surface area contributed by atoms with E-state index in [-0.39, 0.29) is 30.8 Å². The van der Waals surface area contributed by atoms with Gasteiger partial charge in [-0.15, -0.1) is 0 Å². The molecule has 164 valence electrons. The molecule has 0 saturated carbocycles. The molecule has 1 aliphatic heterocycles. The van der Waals surface area contributed by atoms with Crippen molar-refractivity contribution in [1.29, 1.82) is 0 Å². The highest BCUT2D eigenvalue weighted by molar-refractivity contribution is 6.14. The van der Waals surface area contributed by atoms with E-state index < -0.39 is 5.54 Å². The summed E-state index contributed by atoms with van der Waals surface area (Å²) in [5, 5.41) is 5.81. The predicted molar refractivity (Wildman–Crippen MR) is 123 cm³/mol. The minimum Gasteiger partial charge on any atom is -0.324 e. The highest BCUT2D eigenvalue weighted by atomic mass is 16.2. The van der Waals surface area contributed by atoms with Crippen LogP contribution in [0, 0.1) is 20.8 Å². The van der Waals surface area contributed by atoms with Crippen molar-refractivity contribution in [2.75, 3.05) is 35.7 Å². The van der Waals surface area contributed by atoms with Gasteiger partial charge in [-0.2, -0.15) is 0 Å². The maximum atomic E-state index is 13.2. The number of anilines is 3. The first kappa shape index (κ1) is 22.5. The van der Waals surface area contributed by atoms with Gasteiger partial charge in [0.2, 0.25) is 17.7 Å². The van der Waals surface area contributed by atoms with Crippen LogP contribution in [-0.2, 0) is 14.4 Å². The second kappa shape index (κ2) is 8.51. The topological polar surface area (TPSA) is 81.8 Å². The molecule has 0 spiro atoms. The van der Waals surface area contributed by atoms with Crippen molar-refractivity contribution in [1.82, 2.24) is 4.90 Å². The van der Waals surface area contributed by atoms with Gasteiger partial charge in [0, 0.05) is 5.69 Å². The average molecular weight is 423 g/mol. The zero-order valence-corrected chi connectivity index (χ0v) is 19.0. The molecule has 0 aliphatic carbocycles. The Hall–Kier alpha value is -3.19. The van der Waals surface area contributed by atoms with E-state index in [1.807, 2.05) is 51.1 Å². The van der Waals surface area contributed by atoms with Crippen LogP contribution in [0.1, 0.15) is 30.5 Å². The van der Waals surface area contributed by atoms with E-state index in [0.717, 1.165) is 22.4 Å². The molecule has 0 radical (unpaired) electrons. The Labute approximate surface area is 183 Å². The molecule has 2 N–H and O–H groups in total. The summed E-state index contributed by atoms with van der Waals surface area (Å²) < 4.78 is 0. The second-order valence-corrected chi connectivity index (χ2v) is 8.75. The molecular weight excluding hydrogens is 392 g/mol. The maximum Gasteiger partial charge on any atom is 0.250 e. The Bertz CT molecular complexity index is 1020. The fourth-order valence-corrected chi connectivity index (χ4v) is 4.06. The van der Waals surface area contributed by atoms with Crippen LogP contribution in [-0.4, -0.2) is 48.3 Å². The van der Waals surface area contributed by atoms with E-state index in [1.54, 1.807) is 31.9 Å². The van der Waals surface area contributed by atoms with Crippen molar-refractivity contribution in [2.24, 2.45) is 0 Å². The van der Waals surface area contributed by atoms with Crippen molar-refractivity contribution in [3.8, 4) is 0 Å². The molecule has 0 atom stereocenters. The molecule has 0 aromatic heterocycles. The third kappa shape index (κ3) is 4.61. The van der Waals surface area contributed by atoms with Crippen molar-refractivity contribution in [3.63, 3.8) is 0 Å². The summed E-state index contributed by atoms with van der Waals surface area (Å²) in [6.07, 6.45) is 0. The second-order valence-electron chi connectivity index (χ2n) is 8.75. The lowest BCUT2D eigenvalue weighted by Crippen LogP contribution is -2.60. The molecule has 2 aromatic rings. The zero-order valence-electron chi connectivity index (χ0n) is 19.0. The van der Waals surface area contributed by atoms with Crippen LogP contribution >= 0.6 is 0 Å². The number of rotatable bonds is 5. The van der Waals surface area contributed by atoms with Crippen LogP contribution < -0.4 is 15.5 Å². The summed E-state index contributed by atoms with van der Waals surface area (Å²) in [5.74, 6) is -0.683. The van der Waals surface area contributed by atoms with Crippen molar-refractivity contribution in [3.05, 3.63) is 53.1 Å². The summed E-state index contributed by atoms with van der Waals surface area (Å²) in [5.41, 5.74) is 4.17. The number of carbonyl (C=O) groups excluding carboxylic acids is 3. The molecule has 0 fully saturated rings. The smallest absolute Gasteiger partial charge is 0.250 e. The molecule has 7 nitrogen and oxygen atoms in total. The van der Waals surface area contributed by atoms with Crippen LogP contribution in [0.5, 0.6) is 0 Å². The summed E-state index contributed by atoms with van der Waals surface area (Å²) >= 11 is 0. The lowest BCUT2D eigenvalue weighted by Gasteiger charge is -2.42. The van der Waals surface area contributed by atoms with E-state index in [4.69, 9.17) is 0 Å². The predicted octanol–water partition coefficient (Wildman–Crippen LogP) is 3.25. The van der Waals surface area contributed by atoms with Gasteiger partial charge in [0.15, 0.2) is 0 Å². The van der Waals surface area contributed by atoms with Gasteiger partial charge in [-0.1, -0.05) is 29.8 Å². The third-order valence-corrected chi connectivity index (χ3v) is 5.52. The molecule has 1 heterocycles. The number of hydrogen-bond acceptors (Lipinski definition) is 4. The van der Waals surface area contributed by atoms with Crippen molar-refractivity contribution >= 4 is 34.8 Å². The molecule has 2 aromatic carbocycles. The van der Waals surface area contributed by atoms with Gasteiger partial charge in [-0.3, -0.25) is 24.2 Å². The van der Waals surface area contributed by atoms with E-state index in [1.165, 1.54) is 4.90 Å². The zero-order chi connectivity index (χ0) is 22.9. The van der Waals surface area contributed by atoms with Gasteiger partial charge in [0.25, 0.3) is 0 Å². The van der Waals surface area contributed by atoms with E-state index in [9.17, 15) is 14.4 Å². The number of benzene rings is 2. The number of fused-ring (bicyclic) bond motifs is 1. The SMILES string of the molecule is Cc1cc(C)c(NC(=O)CN(C)CC(=O)N2c3ccccc3NC(=O)C2(C)C)c(C)c1. The van der Waals surface area contributed by atoms with Gasteiger partial charge in [0.1, 0.15) is 5.54 Å². The fourth-order valence-electron chi connectivity index (χ4n) is 4.06. The van der Waals surface area contributed by atoms with Gasteiger partial charge in [-0.25, -0.2) is 0 Å². The quantitative estimate of drug-likeness (QED) is 0.775. The number of nitrogens with one attached hydrogen (secondary N) is 2. The minimum atomic E-state index is -1.04. The Kier molecular flexibility index (Phi) is 6.18. The number of nitrogens with zero attached hydrogens (tertiary/aromatic N) is 2. The largest absolute Gasteiger partial charge is 0.324 e. The van der Waals surface area contributed by atoms with E-state index in [0.29, 0.717) is 11.4 Å². The molecule has 0 saturated heterocycles. The summed E-state index contributed by atoms with van der Waals surface area (Å²) in [4.78, 5) is 41.5. The van der Waals surface area contributed by atoms with Crippen molar-refractivity contribution in [2.45, 2.75) is 40.2 Å². The lowest BCUT2D eigenvalue weighted by molar-refractivity contribution is -0.127. The maximum absolute atomic E-state index is 13.2. The fraction of sp³-hybridized carbons (Fsp3) is 0.375. The molecule has 7 heteroatoms. The molecule has 1 aliphatic rings. The summed E-state index contributed by atoms with van der Waals surface area (Å²) in [6.45, 7) is 9.43. The van der Waals surface area contributed by atoms with Crippen LogP contribution in [0.15, 0.2) is 36.4 Å². The van der Waals surface area contributed by atoms with Gasteiger partial charge < -0.3 is 10.6 Å². The van der Waals surface area contributed by atoms with Gasteiger partial charge >= 0.3 is 0 Å². The number of likely N-dealkylation sites (N-methyl/N-ethyl adjacent to an activating group) is 1. The summed E-state index contributed by atoms with van der Waals surface area (Å²) in [6, 6.07) is 11.3. The Morgan fingerprint density at radius 3 is 2.32 bits per heavy atom. The molecule has 31 heavy (non-hydrogen) atoms.